The van der Waals surface area contributed by atoms with Gasteiger partial charge in [0, 0.05) is 35.3 Å². The van der Waals surface area contributed by atoms with Crippen molar-refractivity contribution < 1.29 is 14.3 Å². The molecule has 2 aliphatic rings. The fourth-order valence-corrected chi connectivity index (χ4v) is 4.76. The zero-order valence-electron chi connectivity index (χ0n) is 20.9. The number of anilines is 2. The molecule has 7 heteroatoms. The summed E-state index contributed by atoms with van der Waals surface area (Å²) in [5.41, 5.74) is 11.4. The molecule has 35 heavy (non-hydrogen) atoms. The lowest BCUT2D eigenvalue weighted by atomic mass is 9.92. The van der Waals surface area contributed by atoms with E-state index in [2.05, 4.69) is 26.9 Å². The molecule has 1 amide bonds. The van der Waals surface area contributed by atoms with E-state index in [0.717, 1.165) is 65.8 Å². The Balaban J connectivity index is 1.40. The van der Waals surface area contributed by atoms with Gasteiger partial charge in [-0.05, 0) is 83.3 Å². The molecule has 0 spiro atoms. The monoisotopic (exact) mass is 476 g/mol. The molecule has 2 aromatic carbocycles. The highest BCUT2D eigenvalue weighted by molar-refractivity contribution is 6.01. The molecule has 3 N–H and O–H groups in total. The van der Waals surface area contributed by atoms with Gasteiger partial charge in [-0.1, -0.05) is 12.1 Å². The summed E-state index contributed by atoms with van der Waals surface area (Å²) in [4.78, 5) is 14.4. The fraction of sp³-hybridized carbons (Fsp3) is 0.464. The SMILES string of the molecule is CC(OC(=O)Nc1ccc(-c2c(N)c3ccc(OCCN(C)C)cc3n2C2CCC2)cc1)C1CC1. The molecule has 2 saturated carbocycles. The first-order valence-electron chi connectivity index (χ1n) is 12.7. The zero-order chi connectivity index (χ0) is 24.5. The van der Waals surface area contributed by atoms with Crippen molar-refractivity contribution in [2.45, 2.75) is 51.2 Å². The van der Waals surface area contributed by atoms with Gasteiger partial charge in [0.1, 0.15) is 18.5 Å². The maximum absolute atomic E-state index is 12.2. The van der Waals surface area contributed by atoms with Crippen molar-refractivity contribution in [3.05, 3.63) is 42.5 Å². The first kappa shape index (κ1) is 23.5. The number of fused-ring (bicyclic) bond motifs is 1. The number of ether oxygens (including phenoxy) is 2. The topological polar surface area (TPSA) is 81.8 Å². The van der Waals surface area contributed by atoms with Gasteiger partial charge < -0.3 is 24.7 Å². The van der Waals surface area contributed by atoms with Crippen LogP contribution in [0.25, 0.3) is 22.2 Å². The quantitative estimate of drug-likeness (QED) is 0.402. The molecule has 1 atom stereocenters. The Labute approximate surface area is 207 Å². The number of nitrogens with one attached hydrogen (secondary N) is 1. The Hall–Kier alpha value is -3.19. The summed E-state index contributed by atoms with van der Waals surface area (Å²) < 4.78 is 13.9. The van der Waals surface area contributed by atoms with E-state index in [9.17, 15) is 4.79 Å². The van der Waals surface area contributed by atoms with Crippen LogP contribution in [0.1, 0.15) is 45.1 Å². The second-order valence-electron chi connectivity index (χ2n) is 10.2. The highest BCUT2D eigenvalue weighted by Gasteiger charge is 2.31. The minimum atomic E-state index is -0.401. The van der Waals surface area contributed by atoms with Crippen LogP contribution < -0.4 is 15.8 Å². The van der Waals surface area contributed by atoms with E-state index >= 15 is 0 Å². The van der Waals surface area contributed by atoms with Gasteiger partial charge in [-0.25, -0.2) is 4.79 Å². The van der Waals surface area contributed by atoms with E-state index < -0.39 is 6.09 Å². The van der Waals surface area contributed by atoms with E-state index in [1.165, 1.54) is 6.42 Å². The van der Waals surface area contributed by atoms with Crippen LogP contribution >= 0.6 is 0 Å². The molecule has 186 valence electrons. The molecule has 7 nitrogen and oxygen atoms in total. The number of carbonyl (C=O) groups is 1. The minimum absolute atomic E-state index is 0.0380. The summed E-state index contributed by atoms with van der Waals surface area (Å²) >= 11 is 0. The Bertz CT molecular complexity index is 1190. The number of carbonyl (C=O) groups excluding carboxylic acids is 1. The Morgan fingerprint density at radius 1 is 1.14 bits per heavy atom. The number of likely N-dealkylation sites (N-methyl/N-ethyl adjacent to an activating group) is 1. The third-order valence-electron chi connectivity index (χ3n) is 7.25. The lowest BCUT2D eigenvalue weighted by Gasteiger charge is -2.30. The first-order valence-corrected chi connectivity index (χ1v) is 12.7. The second-order valence-corrected chi connectivity index (χ2v) is 10.2. The third-order valence-corrected chi connectivity index (χ3v) is 7.25. The maximum atomic E-state index is 12.2. The van der Waals surface area contributed by atoms with Crippen molar-refractivity contribution in [2.24, 2.45) is 5.92 Å². The van der Waals surface area contributed by atoms with Crippen molar-refractivity contribution >= 4 is 28.4 Å². The molecule has 3 aromatic rings. The number of amides is 1. The van der Waals surface area contributed by atoms with Crippen molar-refractivity contribution in [1.82, 2.24) is 9.47 Å². The number of nitrogens with two attached hydrogens (primary N) is 1. The highest BCUT2D eigenvalue weighted by atomic mass is 16.6. The zero-order valence-corrected chi connectivity index (χ0v) is 20.9. The lowest BCUT2D eigenvalue weighted by molar-refractivity contribution is 0.108. The molecule has 5 rings (SSSR count). The summed E-state index contributed by atoms with van der Waals surface area (Å²) in [6, 6.07) is 14.5. The smallest absolute Gasteiger partial charge is 0.411 e. The van der Waals surface area contributed by atoms with Crippen LogP contribution in [0.4, 0.5) is 16.2 Å². The number of benzene rings is 2. The standard InChI is InChI=1S/C28H36N4O3/c1-18(19-7-8-19)35-28(33)30-21-11-9-20(10-12-21)27-26(29)24-14-13-23(34-16-15-31(2)3)17-25(24)32(27)22-5-4-6-22/h9-14,17-19,22H,4-8,15-16,29H2,1-3H3,(H,30,33). The maximum Gasteiger partial charge on any atom is 0.411 e. The average molecular weight is 477 g/mol. The van der Waals surface area contributed by atoms with Gasteiger partial charge >= 0.3 is 6.09 Å². The number of nitrogens with zero attached hydrogens (tertiary/aromatic N) is 2. The van der Waals surface area contributed by atoms with E-state index in [4.69, 9.17) is 15.2 Å². The summed E-state index contributed by atoms with van der Waals surface area (Å²) in [5.74, 6) is 1.38. The third kappa shape index (κ3) is 5.10. The van der Waals surface area contributed by atoms with Gasteiger partial charge in [0.2, 0.25) is 0 Å². The van der Waals surface area contributed by atoms with Crippen LogP contribution in [0.5, 0.6) is 5.75 Å². The van der Waals surface area contributed by atoms with Gasteiger partial charge in [-0.2, -0.15) is 0 Å². The molecule has 1 unspecified atom stereocenters. The van der Waals surface area contributed by atoms with E-state index in [-0.39, 0.29) is 6.10 Å². The highest BCUT2D eigenvalue weighted by Crippen LogP contribution is 2.45. The predicted octanol–water partition coefficient (Wildman–Crippen LogP) is 5.90. The van der Waals surface area contributed by atoms with Crippen LogP contribution in [-0.4, -0.2) is 48.9 Å². The Morgan fingerprint density at radius 3 is 2.51 bits per heavy atom. The Morgan fingerprint density at radius 2 is 1.89 bits per heavy atom. The summed E-state index contributed by atoms with van der Waals surface area (Å²) in [6.45, 7) is 3.46. The van der Waals surface area contributed by atoms with Crippen molar-refractivity contribution in [1.29, 1.82) is 0 Å². The average Bonchev–Trinajstić information content (AvgIpc) is 3.60. The fourth-order valence-electron chi connectivity index (χ4n) is 4.76. The summed E-state index contributed by atoms with van der Waals surface area (Å²) in [7, 11) is 4.08. The predicted molar refractivity (Wildman–Crippen MR) is 141 cm³/mol. The largest absolute Gasteiger partial charge is 0.492 e. The number of aromatic nitrogens is 1. The van der Waals surface area contributed by atoms with Crippen LogP contribution in [0.2, 0.25) is 0 Å². The lowest BCUT2D eigenvalue weighted by Crippen LogP contribution is -2.21. The molecule has 0 radical (unpaired) electrons. The summed E-state index contributed by atoms with van der Waals surface area (Å²) in [6.07, 6.45) is 5.37. The van der Waals surface area contributed by atoms with Crippen LogP contribution in [-0.2, 0) is 4.74 Å². The molecular weight excluding hydrogens is 440 g/mol. The van der Waals surface area contributed by atoms with Gasteiger partial charge in [0.15, 0.2) is 0 Å². The minimum Gasteiger partial charge on any atom is -0.492 e. The summed E-state index contributed by atoms with van der Waals surface area (Å²) in [5, 5.41) is 3.90. The number of hydrogen-bond acceptors (Lipinski definition) is 5. The number of hydrogen-bond donors (Lipinski definition) is 2. The van der Waals surface area contributed by atoms with Gasteiger partial charge in [-0.3, -0.25) is 5.32 Å². The molecule has 0 aliphatic heterocycles. The van der Waals surface area contributed by atoms with Crippen LogP contribution in [0, 0.1) is 5.92 Å². The Kier molecular flexibility index (Phi) is 6.60. The van der Waals surface area contributed by atoms with Crippen molar-refractivity contribution in [3.8, 4) is 17.0 Å². The molecule has 1 heterocycles. The van der Waals surface area contributed by atoms with Crippen molar-refractivity contribution in [2.75, 3.05) is 38.3 Å². The van der Waals surface area contributed by atoms with Crippen LogP contribution in [0.3, 0.4) is 0 Å². The molecular formula is C28H36N4O3. The molecule has 0 saturated heterocycles. The van der Waals surface area contributed by atoms with Crippen molar-refractivity contribution in [3.63, 3.8) is 0 Å². The number of rotatable bonds is 9. The van der Waals surface area contributed by atoms with Gasteiger partial charge in [0.05, 0.1) is 16.9 Å². The normalized spacial score (nSPS) is 16.8. The molecule has 2 aliphatic carbocycles. The molecule has 1 aromatic heterocycles. The van der Waals surface area contributed by atoms with E-state index in [1.54, 1.807) is 0 Å². The first-order chi connectivity index (χ1) is 16.9. The molecule has 2 fully saturated rings. The van der Waals surface area contributed by atoms with Crippen LogP contribution in [0.15, 0.2) is 42.5 Å². The van der Waals surface area contributed by atoms with Gasteiger partial charge in [-0.15, -0.1) is 0 Å². The van der Waals surface area contributed by atoms with E-state index in [1.807, 2.05) is 51.4 Å². The van der Waals surface area contributed by atoms with Gasteiger partial charge in [0.25, 0.3) is 0 Å². The van der Waals surface area contributed by atoms with E-state index in [0.29, 0.717) is 24.3 Å². The second kappa shape index (κ2) is 9.82. The number of nitrogen functional groups attached to an aromatic ring is 1. The molecule has 0 bridgehead atoms.